The van der Waals surface area contributed by atoms with E-state index in [-0.39, 0.29) is 0 Å². The summed E-state index contributed by atoms with van der Waals surface area (Å²) in [5, 5.41) is 0. The van der Waals surface area contributed by atoms with Gasteiger partial charge in [0.05, 0.1) is 6.54 Å². The average molecular weight is 228 g/mol. The van der Waals surface area contributed by atoms with E-state index in [1.54, 1.807) is 6.20 Å². The Labute approximate surface area is 76.9 Å². The average Bonchev–Trinajstić information content (AvgIpc) is 2.46. The van der Waals surface area contributed by atoms with E-state index in [0.717, 1.165) is 4.47 Å². The van der Waals surface area contributed by atoms with Gasteiger partial charge in [-0.15, -0.1) is 0 Å². The molecule has 62 valence electrons. The number of halogens is 1. The maximum atomic E-state index is 5.36. The first-order valence-electron chi connectivity index (χ1n) is 3.40. The number of nitrogens with zero attached hydrogens (tertiary/aromatic N) is 2. The van der Waals surface area contributed by atoms with Gasteiger partial charge < -0.3 is 10.2 Å². The van der Waals surface area contributed by atoms with Crippen LogP contribution >= 0.6 is 15.9 Å². The zero-order valence-electron chi connectivity index (χ0n) is 6.12. The van der Waals surface area contributed by atoms with Crippen LogP contribution in [-0.4, -0.2) is 9.97 Å². The van der Waals surface area contributed by atoms with Gasteiger partial charge in [-0.05, 0) is 15.9 Å². The third-order valence-corrected chi connectivity index (χ3v) is 1.87. The lowest BCUT2D eigenvalue weighted by molar-refractivity contribution is 0.533. The normalized spacial score (nSPS) is 10.8. The lowest BCUT2D eigenvalue weighted by atomic mass is 10.5. The number of hydrogen-bond acceptors (Lipinski definition) is 4. The first kappa shape index (κ1) is 7.70. The van der Waals surface area contributed by atoms with Crippen molar-refractivity contribution in [2.24, 2.45) is 5.73 Å². The summed E-state index contributed by atoms with van der Waals surface area (Å²) in [5.41, 5.74) is 6.61. The SMILES string of the molecule is NCc1nc2ncc(Br)cc2o1. The second kappa shape index (κ2) is 2.84. The predicted octanol–water partition coefficient (Wildman–Crippen LogP) is 1.44. The topological polar surface area (TPSA) is 64.9 Å². The number of fused-ring (bicyclic) bond motifs is 1. The smallest absolute Gasteiger partial charge is 0.210 e. The maximum Gasteiger partial charge on any atom is 0.210 e. The Morgan fingerprint density at radius 3 is 3.17 bits per heavy atom. The molecule has 12 heavy (non-hydrogen) atoms. The molecule has 0 saturated carbocycles. The van der Waals surface area contributed by atoms with Gasteiger partial charge in [-0.3, -0.25) is 0 Å². The van der Waals surface area contributed by atoms with E-state index >= 15 is 0 Å². The maximum absolute atomic E-state index is 5.36. The number of aromatic nitrogens is 2. The number of pyridine rings is 1. The largest absolute Gasteiger partial charge is 0.437 e. The molecule has 2 rings (SSSR count). The Balaban J connectivity index is 2.67. The molecule has 0 spiro atoms. The van der Waals surface area contributed by atoms with Gasteiger partial charge >= 0.3 is 0 Å². The summed E-state index contributed by atoms with van der Waals surface area (Å²) >= 11 is 3.28. The highest BCUT2D eigenvalue weighted by Crippen LogP contribution is 2.17. The number of oxazole rings is 1. The summed E-state index contributed by atoms with van der Waals surface area (Å²) in [5.74, 6) is 0.510. The molecule has 0 fully saturated rings. The van der Waals surface area contributed by atoms with Crippen molar-refractivity contribution in [2.45, 2.75) is 6.54 Å². The molecule has 2 aromatic heterocycles. The molecule has 0 amide bonds. The number of rotatable bonds is 1. The molecule has 2 heterocycles. The van der Waals surface area contributed by atoms with Crippen LogP contribution in [0.4, 0.5) is 0 Å². The minimum Gasteiger partial charge on any atom is -0.437 e. The highest BCUT2D eigenvalue weighted by atomic mass is 79.9. The van der Waals surface area contributed by atoms with E-state index in [9.17, 15) is 0 Å². The highest BCUT2D eigenvalue weighted by Gasteiger charge is 2.04. The number of nitrogens with two attached hydrogens (primary N) is 1. The first-order chi connectivity index (χ1) is 5.79. The van der Waals surface area contributed by atoms with Gasteiger partial charge in [0.2, 0.25) is 5.89 Å². The zero-order valence-corrected chi connectivity index (χ0v) is 7.71. The Kier molecular flexibility index (Phi) is 1.82. The van der Waals surface area contributed by atoms with Crippen molar-refractivity contribution >= 4 is 27.2 Å². The molecule has 0 aromatic carbocycles. The summed E-state index contributed by atoms with van der Waals surface area (Å²) in [4.78, 5) is 8.09. The predicted molar refractivity (Wildman–Crippen MR) is 47.4 cm³/mol. The molecule has 2 aromatic rings. The van der Waals surface area contributed by atoms with Gasteiger partial charge in [0.1, 0.15) is 0 Å². The van der Waals surface area contributed by atoms with E-state index in [2.05, 4.69) is 25.9 Å². The van der Waals surface area contributed by atoms with Gasteiger partial charge in [-0.2, -0.15) is 4.98 Å². The molecule has 0 aliphatic carbocycles. The highest BCUT2D eigenvalue weighted by molar-refractivity contribution is 9.10. The van der Waals surface area contributed by atoms with Crippen LogP contribution in [0.25, 0.3) is 11.2 Å². The Morgan fingerprint density at radius 1 is 1.58 bits per heavy atom. The minimum atomic E-state index is 0.300. The lowest BCUT2D eigenvalue weighted by Crippen LogP contribution is -1.95. The van der Waals surface area contributed by atoms with Crippen molar-refractivity contribution in [1.29, 1.82) is 0 Å². The summed E-state index contributed by atoms with van der Waals surface area (Å²) in [6.07, 6.45) is 1.67. The Bertz CT molecular complexity index is 412. The van der Waals surface area contributed by atoms with Crippen LogP contribution in [0, 0.1) is 0 Å². The van der Waals surface area contributed by atoms with Crippen LogP contribution in [0.5, 0.6) is 0 Å². The molecular formula is C7H6BrN3O. The lowest BCUT2D eigenvalue weighted by Gasteiger charge is -1.85. The van der Waals surface area contributed by atoms with Gasteiger partial charge in [-0.1, -0.05) is 0 Å². The van der Waals surface area contributed by atoms with Gasteiger partial charge in [0.25, 0.3) is 0 Å². The second-order valence-corrected chi connectivity index (χ2v) is 3.20. The quantitative estimate of drug-likeness (QED) is 0.801. The summed E-state index contributed by atoms with van der Waals surface area (Å²) < 4.78 is 6.14. The van der Waals surface area contributed by atoms with E-state index in [1.165, 1.54) is 0 Å². The molecule has 4 nitrogen and oxygen atoms in total. The van der Waals surface area contributed by atoms with Gasteiger partial charge in [-0.25, -0.2) is 4.98 Å². The van der Waals surface area contributed by atoms with Crippen molar-refractivity contribution in [3.8, 4) is 0 Å². The van der Waals surface area contributed by atoms with Gasteiger partial charge in [0, 0.05) is 16.7 Å². The van der Waals surface area contributed by atoms with Crippen LogP contribution in [0.3, 0.4) is 0 Å². The fourth-order valence-corrected chi connectivity index (χ4v) is 1.24. The minimum absolute atomic E-state index is 0.300. The van der Waals surface area contributed by atoms with Crippen LogP contribution < -0.4 is 5.73 Å². The molecule has 0 aliphatic rings. The Hall–Kier alpha value is -0.940. The number of hydrogen-bond donors (Lipinski definition) is 1. The molecule has 0 radical (unpaired) electrons. The molecular weight excluding hydrogens is 222 g/mol. The fourth-order valence-electron chi connectivity index (χ4n) is 0.928. The van der Waals surface area contributed by atoms with Crippen molar-refractivity contribution < 1.29 is 4.42 Å². The van der Waals surface area contributed by atoms with Crippen molar-refractivity contribution in [2.75, 3.05) is 0 Å². The molecule has 0 bridgehead atoms. The van der Waals surface area contributed by atoms with Crippen LogP contribution in [0.2, 0.25) is 0 Å². The van der Waals surface area contributed by atoms with E-state index in [0.29, 0.717) is 23.7 Å². The van der Waals surface area contributed by atoms with Crippen molar-refractivity contribution in [1.82, 2.24) is 9.97 Å². The molecule has 0 saturated heterocycles. The van der Waals surface area contributed by atoms with E-state index in [4.69, 9.17) is 10.2 Å². The molecule has 5 heteroatoms. The van der Waals surface area contributed by atoms with E-state index < -0.39 is 0 Å². The van der Waals surface area contributed by atoms with Crippen molar-refractivity contribution in [3.05, 3.63) is 22.6 Å². The molecule has 0 unspecified atom stereocenters. The molecule has 2 N–H and O–H groups in total. The molecule has 0 aliphatic heterocycles. The standard InChI is InChI=1S/C7H6BrN3O/c8-4-1-5-7(10-3-4)11-6(2-9)12-5/h1,3H,2,9H2. The Morgan fingerprint density at radius 2 is 2.42 bits per heavy atom. The fraction of sp³-hybridized carbons (Fsp3) is 0.143. The van der Waals surface area contributed by atoms with Crippen LogP contribution in [0.1, 0.15) is 5.89 Å². The van der Waals surface area contributed by atoms with Crippen LogP contribution in [0.15, 0.2) is 21.2 Å². The summed E-state index contributed by atoms with van der Waals surface area (Å²) in [6, 6.07) is 1.81. The van der Waals surface area contributed by atoms with Crippen LogP contribution in [-0.2, 0) is 6.54 Å². The first-order valence-corrected chi connectivity index (χ1v) is 4.20. The van der Waals surface area contributed by atoms with E-state index in [1.807, 2.05) is 6.07 Å². The van der Waals surface area contributed by atoms with Crippen molar-refractivity contribution in [3.63, 3.8) is 0 Å². The van der Waals surface area contributed by atoms with Gasteiger partial charge in [0.15, 0.2) is 11.2 Å². The third-order valence-electron chi connectivity index (χ3n) is 1.43. The second-order valence-electron chi connectivity index (χ2n) is 2.29. The summed E-state index contributed by atoms with van der Waals surface area (Å²) in [7, 11) is 0. The summed E-state index contributed by atoms with van der Waals surface area (Å²) in [6.45, 7) is 0.300. The third kappa shape index (κ3) is 1.21. The monoisotopic (exact) mass is 227 g/mol. The zero-order chi connectivity index (χ0) is 8.55. The molecule has 0 atom stereocenters.